The Bertz CT molecular complexity index is 825. The van der Waals surface area contributed by atoms with Crippen molar-refractivity contribution in [2.24, 2.45) is 0 Å². The number of sulfone groups is 1. The van der Waals surface area contributed by atoms with Gasteiger partial charge >= 0.3 is 0 Å². The third-order valence-corrected chi connectivity index (χ3v) is 4.85. The third kappa shape index (κ3) is 3.79. The Morgan fingerprint density at radius 2 is 2.00 bits per heavy atom. The molecule has 6 nitrogen and oxygen atoms in total. The molecule has 0 unspecified atom stereocenters. The van der Waals surface area contributed by atoms with Crippen molar-refractivity contribution >= 4 is 21.4 Å². The number of benzene rings is 1. The Morgan fingerprint density at radius 1 is 1.35 bits per heavy atom. The van der Waals surface area contributed by atoms with Gasteiger partial charge in [0.2, 0.25) is 0 Å². The molecule has 7 heteroatoms. The molecule has 1 aromatic heterocycles. The van der Waals surface area contributed by atoms with Crippen LogP contribution in [-0.2, 0) is 9.84 Å². The zero-order chi connectivity index (χ0) is 17.2. The van der Waals surface area contributed by atoms with Gasteiger partial charge < -0.3 is 5.32 Å². The van der Waals surface area contributed by atoms with Gasteiger partial charge in [-0.1, -0.05) is 19.1 Å². The lowest BCUT2D eigenvalue weighted by molar-refractivity contribution is 0.102. The molecule has 0 bridgehead atoms. The number of carbonyl (C=O) groups excluding carboxylic acids is 1. The van der Waals surface area contributed by atoms with Crippen LogP contribution in [0.1, 0.15) is 42.5 Å². The van der Waals surface area contributed by atoms with Gasteiger partial charge in [-0.3, -0.25) is 9.48 Å². The number of anilines is 1. The van der Waals surface area contributed by atoms with Crippen LogP contribution in [0.25, 0.3) is 0 Å². The van der Waals surface area contributed by atoms with Gasteiger partial charge in [-0.2, -0.15) is 5.10 Å². The zero-order valence-electron chi connectivity index (χ0n) is 13.7. The number of amides is 1. The summed E-state index contributed by atoms with van der Waals surface area (Å²) in [5.74, 6) is -0.425. The summed E-state index contributed by atoms with van der Waals surface area (Å²) in [6, 6.07) is 8.21. The topological polar surface area (TPSA) is 81.1 Å². The molecule has 2 rings (SSSR count). The van der Waals surface area contributed by atoms with Crippen molar-refractivity contribution in [3.63, 3.8) is 0 Å². The van der Waals surface area contributed by atoms with Crippen molar-refractivity contribution in [2.45, 2.75) is 38.1 Å². The first-order chi connectivity index (χ1) is 10.7. The molecular formula is C16H21N3O3S. The molecule has 1 aromatic carbocycles. The van der Waals surface area contributed by atoms with E-state index in [1.807, 2.05) is 20.8 Å². The molecule has 124 valence electrons. The second-order valence-corrected chi connectivity index (χ2v) is 7.58. The summed E-state index contributed by atoms with van der Waals surface area (Å²) in [5.41, 5.74) is 1.42. The van der Waals surface area contributed by atoms with Gasteiger partial charge in [-0.05, 0) is 38.5 Å². The highest BCUT2D eigenvalue weighted by Crippen LogP contribution is 2.21. The first kappa shape index (κ1) is 17.2. The second-order valence-electron chi connectivity index (χ2n) is 5.60. The molecular weight excluding hydrogens is 314 g/mol. The molecule has 1 atom stereocenters. The molecule has 1 heterocycles. The minimum Gasteiger partial charge on any atom is -0.319 e. The number of aromatic nitrogens is 2. The summed E-state index contributed by atoms with van der Waals surface area (Å²) in [7, 11) is -3.42. The molecule has 1 N–H and O–H groups in total. The van der Waals surface area contributed by atoms with Crippen LogP contribution < -0.4 is 5.32 Å². The van der Waals surface area contributed by atoms with Crippen LogP contribution in [0.5, 0.6) is 0 Å². The van der Waals surface area contributed by atoms with E-state index in [1.54, 1.807) is 28.9 Å². The number of carbonyl (C=O) groups is 1. The highest BCUT2D eigenvalue weighted by molar-refractivity contribution is 7.90. The van der Waals surface area contributed by atoms with Crippen LogP contribution >= 0.6 is 0 Å². The number of rotatable bonds is 5. The smallest absolute Gasteiger partial charge is 0.276 e. The molecule has 0 aliphatic carbocycles. The van der Waals surface area contributed by atoms with Crippen LogP contribution in [-0.4, -0.2) is 30.4 Å². The molecule has 0 saturated carbocycles. The molecule has 0 radical (unpaired) electrons. The van der Waals surface area contributed by atoms with Crippen LogP contribution in [0.2, 0.25) is 0 Å². The predicted octanol–water partition coefficient (Wildman–Crippen LogP) is 2.82. The van der Waals surface area contributed by atoms with E-state index in [9.17, 15) is 13.2 Å². The van der Waals surface area contributed by atoms with Gasteiger partial charge in [-0.25, -0.2) is 8.42 Å². The minimum absolute atomic E-state index is 0.0893. The predicted molar refractivity (Wildman–Crippen MR) is 89.5 cm³/mol. The summed E-state index contributed by atoms with van der Waals surface area (Å²) in [6.07, 6.45) is 2.01. The van der Waals surface area contributed by atoms with Crippen molar-refractivity contribution < 1.29 is 13.2 Å². The molecule has 0 aliphatic heterocycles. The van der Waals surface area contributed by atoms with E-state index in [4.69, 9.17) is 0 Å². The molecule has 2 aromatic rings. The zero-order valence-corrected chi connectivity index (χ0v) is 14.5. The van der Waals surface area contributed by atoms with Gasteiger partial charge in [0.15, 0.2) is 15.5 Å². The van der Waals surface area contributed by atoms with E-state index >= 15 is 0 Å². The molecule has 0 aliphatic rings. The van der Waals surface area contributed by atoms with E-state index in [0.717, 1.165) is 18.4 Å². The van der Waals surface area contributed by atoms with Gasteiger partial charge in [0.1, 0.15) is 0 Å². The summed E-state index contributed by atoms with van der Waals surface area (Å²) in [5, 5.41) is 6.96. The molecule has 1 amide bonds. The molecule has 0 fully saturated rings. The summed E-state index contributed by atoms with van der Waals surface area (Å²) in [4.78, 5) is 12.5. The van der Waals surface area contributed by atoms with E-state index in [0.29, 0.717) is 0 Å². The molecule has 0 spiro atoms. The van der Waals surface area contributed by atoms with E-state index in [2.05, 4.69) is 10.4 Å². The Balaban J connectivity index is 2.31. The van der Waals surface area contributed by atoms with Gasteiger partial charge in [0, 0.05) is 18.0 Å². The van der Waals surface area contributed by atoms with Crippen molar-refractivity contribution in [2.75, 3.05) is 11.6 Å². The van der Waals surface area contributed by atoms with Crippen molar-refractivity contribution in [1.29, 1.82) is 0 Å². The summed E-state index contributed by atoms with van der Waals surface area (Å²) in [6.45, 7) is 5.97. The van der Waals surface area contributed by atoms with Crippen LogP contribution in [0.15, 0.2) is 35.2 Å². The first-order valence-corrected chi connectivity index (χ1v) is 9.29. The quantitative estimate of drug-likeness (QED) is 0.911. The maximum atomic E-state index is 12.4. The largest absolute Gasteiger partial charge is 0.319 e. The minimum atomic E-state index is -3.42. The number of hydrogen-bond donors (Lipinski definition) is 1. The van der Waals surface area contributed by atoms with Crippen LogP contribution in [0.3, 0.4) is 0 Å². The van der Waals surface area contributed by atoms with Gasteiger partial charge in [-0.15, -0.1) is 0 Å². The average Bonchev–Trinajstić information content (AvgIpc) is 2.88. The highest BCUT2D eigenvalue weighted by Gasteiger charge is 2.18. The lowest BCUT2D eigenvalue weighted by Crippen LogP contribution is -2.16. The fourth-order valence-corrected chi connectivity index (χ4v) is 3.14. The highest BCUT2D eigenvalue weighted by atomic mass is 32.2. The van der Waals surface area contributed by atoms with E-state index < -0.39 is 15.7 Å². The van der Waals surface area contributed by atoms with Gasteiger partial charge in [0.05, 0.1) is 10.6 Å². The van der Waals surface area contributed by atoms with Crippen molar-refractivity contribution in [3.8, 4) is 0 Å². The maximum absolute atomic E-state index is 12.4. The van der Waals surface area contributed by atoms with Crippen molar-refractivity contribution in [1.82, 2.24) is 9.78 Å². The number of nitrogens with zero attached hydrogens (tertiary/aromatic N) is 2. The second kappa shape index (κ2) is 6.54. The first-order valence-electron chi connectivity index (χ1n) is 7.40. The fraction of sp³-hybridized carbons (Fsp3) is 0.375. The SMILES string of the molecule is CC[C@H](C)n1nc(C(=O)Nc2ccccc2S(C)(=O)=O)cc1C. The Kier molecular flexibility index (Phi) is 4.89. The maximum Gasteiger partial charge on any atom is 0.276 e. The Labute approximate surface area is 136 Å². The van der Waals surface area contributed by atoms with E-state index in [1.165, 1.54) is 6.07 Å². The monoisotopic (exact) mass is 335 g/mol. The van der Waals surface area contributed by atoms with Crippen LogP contribution in [0.4, 0.5) is 5.69 Å². The number of aryl methyl sites for hydroxylation is 1. The third-order valence-electron chi connectivity index (χ3n) is 3.70. The molecule has 23 heavy (non-hydrogen) atoms. The summed E-state index contributed by atoms with van der Waals surface area (Å²) >= 11 is 0. The normalized spacial score (nSPS) is 12.9. The fourth-order valence-electron chi connectivity index (χ4n) is 2.30. The number of hydrogen-bond acceptors (Lipinski definition) is 4. The van der Waals surface area contributed by atoms with E-state index in [-0.39, 0.29) is 22.3 Å². The number of nitrogens with one attached hydrogen (secondary N) is 1. The Morgan fingerprint density at radius 3 is 2.61 bits per heavy atom. The standard InChI is InChI=1S/C16H21N3O3S/c1-5-11(2)19-12(3)10-14(18-19)16(20)17-13-8-6-7-9-15(13)23(4,21)22/h6-11H,5H2,1-4H3,(H,17,20)/t11-/m0/s1. The molecule has 0 saturated heterocycles. The van der Waals surface area contributed by atoms with Crippen LogP contribution in [0, 0.1) is 6.92 Å². The number of para-hydroxylation sites is 1. The average molecular weight is 335 g/mol. The lowest BCUT2D eigenvalue weighted by atomic mass is 10.2. The van der Waals surface area contributed by atoms with Crippen molar-refractivity contribution in [3.05, 3.63) is 41.7 Å². The lowest BCUT2D eigenvalue weighted by Gasteiger charge is -2.11. The van der Waals surface area contributed by atoms with Gasteiger partial charge in [0.25, 0.3) is 5.91 Å². The summed E-state index contributed by atoms with van der Waals surface area (Å²) < 4.78 is 25.4. The Hall–Kier alpha value is -2.15.